The van der Waals surface area contributed by atoms with Crippen molar-refractivity contribution in [3.05, 3.63) is 28.5 Å². The number of benzene rings is 1. The molecule has 17 heavy (non-hydrogen) atoms. The van der Waals surface area contributed by atoms with Crippen molar-refractivity contribution in [1.29, 1.82) is 0 Å². The third-order valence-corrected chi connectivity index (χ3v) is 2.45. The molecule has 0 aliphatic carbocycles. The summed E-state index contributed by atoms with van der Waals surface area (Å²) < 4.78 is 14.0. The number of nitrogens with one attached hydrogen (secondary N) is 2. The summed E-state index contributed by atoms with van der Waals surface area (Å²) in [5.74, 6) is -0.467. The lowest BCUT2D eigenvalue weighted by atomic mass is 9.97. The van der Waals surface area contributed by atoms with Crippen LogP contribution in [0.3, 0.4) is 0 Å². The molecule has 0 aliphatic heterocycles. The molecule has 2 amide bonds. The van der Waals surface area contributed by atoms with Crippen LogP contribution in [-0.4, -0.2) is 12.6 Å². The van der Waals surface area contributed by atoms with Gasteiger partial charge in [0.1, 0.15) is 5.82 Å². The van der Waals surface area contributed by atoms with Gasteiger partial charge >= 0.3 is 6.03 Å². The number of rotatable bonds is 2. The third-order valence-electron chi connectivity index (χ3n) is 1.96. The Morgan fingerprint density at radius 3 is 2.59 bits per heavy atom. The van der Waals surface area contributed by atoms with E-state index >= 15 is 0 Å². The molecule has 0 saturated carbocycles. The van der Waals surface area contributed by atoms with Gasteiger partial charge in [0, 0.05) is 11.0 Å². The van der Waals surface area contributed by atoms with Crippen molar-refractivity contribution in [2.24, 2.45) is 5.41 Å². The second kappa shape index (κ2) is 5.49. The van der Waals surface area contributed by atoms with Crippen LogP contribution < -0.4 is 10.6 Å². The molecule has 0 saturated heterocycles. The van der Waals surface area contributed by atoms with Crippen LogP contribution >= 0.6 is 15.9 Å². The van der Waals surface area contributed by atoms with E-state index in [9.17, 15) is 9.18 Å². The van der Waals surface area contributed by atoms with E-state index in [0.717, 1.165) is 0 Å². The highest BCUT2D eigenvalue weighted by Crippen LogP contribution is 2.19. The Labute approximate surface area is 109 Å². The molecule has 1 aromatic rings. The van der Waals surface area contributed by atoms with Gasteiger partial charge in [0.15, 0.2) is 0 Å². The summed E-state index contributed by atoms with van der Waals surface area (Å²) >= 11 is 3.15. The maximum absolute atomic E-state index is 13.4. The van der Waals surface area contributed by atoms with Crippen LogP contribution in [0, 0.1) is 11.2 Å². The van der Waals surface area contributed by atoms with Crippen molar-refractivity contribution in [1.82, 2.24) is 5.32 Å². The molecule has 2 N–H and O–H groups in total. The van der Waals surface area contributed by atoms with Crippen LogP contribution in [0.15, 0.2) is 22.7 Å². The Morgan fingerprint density at radius 1 is 1.41 bits per heavy atom. The second-order valence-corrected chi connectivity index (χ2v) is 5.91. The lowest BCUT2D eigenvalue weighted by Crippen LogP contribution is -2.35. The Balaban J connectivity index is 2.57. The van der Waals surface area contributed by atoms with Crippen molar-refractivity contribution in [2.45, 2.75) is 20.8 Å². The quantitative estimate of drug-likeness (QED) is 0.858. The van der Waals surface area contributed by atoms with E-state index in [2.05, 4.69) is 26.6 Å². The largest absolute Gasteiger partial charge is 0.337 e. The molecule has 3 nitrogen and oxygen atoms in total. The van der Waals surface area contributed by atoms with Gasteiger partial charge in [-0.1, -0.05) is 36.7 Å². The molecule has 1 aromatic carbocycles. The summed E-state index contributed by atoms with van der Waals surface area (Å²) in [5.41, 5.74) is 0.162. The SMILES string of the molecule is CC(C)(C)CNC(=O)Nc1ccc(Br)cc1F. The van der Waals surface area contributed by atoms with Crippen molar-refractivity contribution < 1.29 is 9.18 Å². The fourth-order valence-electron chi connectivity index (χ4n) is 1.10. The molecule has 0 spiro atoms. The molecule has 0 bridgehead atoms. The fourth-order valence-corrected chi connectivity index (χ4v) is 1.44. The van der Waals surface area contributed by atoms with Gasteiger partial charge in [0.05, 0.1) is 5.69 Å². The first-order valence-electron chi connectivity index (χ1n) is 5.28. The highest BCUT2D eigenvalue weighted by molar-refractivity contribution is 9.10. The average molecular weight is 303 g/mol. The minimum Gasteiger partial charge on any atom is -0.337 e. The van der Waals surface area contributed by atoms with Crippen molar-refractivity contribution in [3.8, 4) is 0 Å². The molecule has 0 fully saturated rings. The number of hydrogen-bond acceptors (Lipinski definition) is 1. The van der Waals surface area contributed by atoms with Gasteiger partial charge in [-0.2, -0.15) is 0 Å². The van der Waals surface area contributed by atoms with E-state index in [0.29, 0.717) is 11.0 Å². The van der Waals surface area contributed by atoms with Gasteiger partial charge in [0.25, 0.3) is 0 Å². The van der Waals surface area contributed by atoms with Crippen molar-refractivity contribution >= 4 is 27.6 Å². The number of carbonyl (C=O) groups is 1. The first-order chi connectivity index (χ1) is 7.78. The maximum Gasteiger partial charge on any atom is 0.319 e. The van der Waals surface area contributed by atoms with Gasteiger partial charge in [0.2, 0.25) is 0 Å². The van der Waals surface area contributed by atoms with Gasteiger partial charge in [-0.3, -0.25) is 0 Å². The van der Waals surface area contributed by atoms with E-state index in [-0.39, 0.29) is 11.1 Å². The summed E-state index contributed by atoms with van der Waals surface area (Å²) in [7, 11) is 0. The normalized spacial score (nSPS) is 11.1. The van der Waals surface area contributed by atoms with Crippen LogP contribution in [0.25, 0.3) is 0 Å². The molecular weight excluding hydrogens is 287 g/mol. The first-order valence-corrected chi connectivity index (χ1v) is 6.07. The van der Waals surface area contributed by atoms with Crippen molar-refractivity contribution in [3.63, 3.8) is 0 Å². The summed E-state index contributed by atoms with van der Waals surface area (Å²) in [6.07, 6.45) is 0. The summed E-state index contributed by atoms with van der Waals surface area (Å²) in [6.45, 7) is 6.55. The summed E-state index contributed by atoms with van der Waals surface area (Å²) in [4.78, 5) is 11.5. The molecule has 0 heterocycles. The van der Waals surface area contributed by atoms with E-state index < -0.39 is 11.8 Å². The molecular formula is C12H16BrFN2O. The van der Waals surface area contributed by atoms with Crippen LogP contribution in [-0.2, 0) is 0 Å². The van der Waals surface area contributed by atoms with Crippen LogP contribution in [0.2, 0.25) is 0 Å². The first kappa shape index (κ1) is 14.0. The molecule has 0 aromatic heterocycles. The minimum absolute atomic E-state index is 0.00436. The van der Waals surface area contributed by atoms with E-state index in [4.69, 9.17) is 0 Å². The highest BCUT2D eigenvalue weighted by atomic mass is 79.9. The number of halogens is 2. The number of carbonyl (C=O) groups excluding carboxylic acids is 1. The lowest BCUT2D eigenvalue weighted by molar-refractivity contribution is 0.247. The molecule has 94 valence electrons. The molecule has 5 heteroatoms. The fraction of sp³-hybridized carbons (Fsp3) is 0.417. The Hall–Kier alpha value is -1.10. The summed E-state index contributed by atoms with van der Waals surface area (Å²) in [6, 6.07) is 4.08. The molecule has 0 aliphatic rings. The molecule has 0 unspecified atom stereocenters. The number of hydrogen-bond donors (Lipinski definition) is 2. The molecule has 0 atom stereocenters. The predicted molar refractivity (Wildman–Crippen MR) is 70.6 cm³/mol. The smallest absolute Gasteiger partial charge is 0.319 e. The second-order valence-electron chi connectivity index (χ2n) is 4.99. The number of urea groups is 1. The number of anilines is 1. The van der Waals surface area contributed by atoms with Gasteiger partial charge in [-0.25, -0.2) is 9.18 Å². The Bertz CT molecular complexity index is 415. The lowest BCUT2D eigenvalue weighted by Gasteiger charge is -2.19. The Kier molecular flexibility index (Phi) is 4.51. The standard InChI is InChI=1S/C12H16BrFN2O/c1-12(2,3)7-15-11(17)16-10-5-4-8(13)6-9(10)14/h4-6H,7H2,1-3H3,(H2,15,16,17). The zero-order valence-corrected chi connectivity index (χ0v) is 11.7. The van der Waals surface area contributed by atoms with Crippen LogP contribution in [0.1, 0.15) is 20.8 Å². The summed E-state index contributed by atoms with van der Waals surface area (Å²) in [5, 5.41) is 5.15. The Morgan fingerprint density at radius 2 is 2.06 bits per heavy atom. The van der Waals surface area contributed by atoms with Gasteiger partial charge < -0.3 is 10.6 Å². The highest BCUT2D eigenvalue weighted by Gasteiger charge is 2.12. The molecule has 1 rings (SSSR count). The molecule has 0 radical (unpaired) electrons. The van der Waals surface area contributed by atoms with Gasteiger partial charge in [-0.05, 0) is 23.6 Å². The monoisotopic (exact) mass is 302 g/mol. The number of amides is 2. The zero-order chi connectivity index (χ0) is 13.1. The van der Waals surface area contributed by atoms with E-state index in [1.807, 2.05) is 20.8 Å². The van der Waals surface area contributed by atoms with Crippen LogP contribution in [0.4, 0.5) is 14.9 Å². The predicted octanol–water partition coefficient (Wildman–Crippen LogP) is 3.76. The van der Waals surface area contributed by atoms with Gasteiger partial charge in [-0.15, -0.1) is 0 Å². The van der Waals surface area contributed by atoms with E-state index in [1.165, 1.54) is 12.1 Å². The van der Waals surface area contributed by atoms with Crippen LogP contribution in [0.5, 0.6) is 0 Å². The maximum atomic E-state index is 13.4. The zero-order valence-electron chi connectivity index (χ0n) is 10.1. The minimum atomic E-state index is -0.467. The van der Waals surface area contributed by atoms with Crippen molar-refractivity contribution in [2.75, 3.05) is 11.9 Å². The topological polar surface area (TPSA) is 41.1 Å². The third kappa shape index (κ3) is 5.17. The average Bonchev–Trinajstić information content (AvgIpc) is 2.18. The van der Waals surface area contributed by atoms with E-state index in [1.54, 1.807) is 6.07 Å².